The number of anilines is 2. The molecule has 0 saturated carbocycles. The summed E-state index contributed by atoms with van der Waals surface area (Å²) in [5.41, 5.74) is 1.67. The third-order valence-electron chi connectivity index (χ3n) is 4.39. The van der Waals surface area contributed by atoms with E-state index in [1.54, 1.807) is 24.3 Å². The quantitative estimate of drug-likeness (QED) is 0.710. The smallest absolute Gasteiger partial charge is 0.311 e. The summed E-state index contributed by atoms with van der Waals surface area (Å²) in [6.07, 6.45) is -0.0826. The molecule has 2 aromatic rings. The fourth-order valence-corrected chi connectivity index (χ4v) is 3.19. The first-order valence-electron chi connectivity index (χ1n) is 8.62. The van der Waals surface area contributed by atoms with Gasteiger partial charge in [0.05, 0.1) is 11.6 Å². The maximum absolute atomic E-state index is 13.9. The summed E-state index contributed by atoms with van der Waals surface area (Å²) < 4.78 is 19.9. The number of carbonyl (C=O) groups is 3. The lowest BCUT2D eigenvalue weighted by atomic mass is 10.1. The molecule has 1 fully saturated rings. The number of esters is 1. The highest BCUT2D eigenvalue weighted by molar-refractivity contribution is 9.10. The Morgan fingerprint density at radius 3 is 2.75 bits per heavy atom. The molecule has 2 aromatic carbocycles. The second-order valence-corrected chi connectivity index (χ2v) is 7.33. The number of rotatable bonds is 5. The van der Waals surface area contributed by atoms with Gasteiger partial charge in [-0.3, -0.25) is 14.4 Å². The molecule has 1 saturated heterocycles. The van der Waals surface area contributed by atoms with Crippen LogP contribution in [0.5, 0.6) is 0 Å². The highest BCUT2D eigenvalue weighted by Gasteiger charge is 2.37. The van der Waals surface area contributed by atoms with Crippen LogP contribution in [0.4, 0.5) is 15.8 Å². The molecule has 28 heavy (non-hydrogen) atoms. The molecular formula is C20H18BrFN2O4. The van der Waals surface area contributed by atoms with E-state index in [4.69, 9.17) is 4.74 Å². The number of carbonyl (C=O) groups excluding carboxylic acids is 3. The highest BCUT2D eigenvalue weighted by atomic mass is 79.9. The van der Waals surface area contributed by atoms with Crippen molar-refractivity contribution in [2.75, 3.05) is 23.4 Å². The number of hydrogen-bond acceptors (Lipinski definition) is 4. The molecule has 1 atom stereocenters. The monoisotopic (exact) mass is 448 g/mol. The fraction of sp³-hybridized carbons (Fsp3) is 0.250. The van der Waals surface area contributed by atoms with Gasteiger partial charge in [0, 0.05) is 23.1 Å². The SMILES string of the molecule is Cc1cc(NC(=O)COC(=O)[C@H]2CC(=O)N(c3ccccc3F)C2)ccc1Br. The number of nitrogens with zero attached hydrogens (tertiary/aromatic N) is 1. The molecule has 3 rings (SSSR count). The van der Waals surface area contributed by atoms with E-state index in [-0.39, 0.29) is 24.6 Å². The second kappa shape index (κ2) is 8.52. The Morgan fingerprint density at radius 1 is 1.29 bits per heavy atom. The average Bonchev–Trinajstić information content (AvgIpc) is 3.05. The number of ether oxygens (including phenoxy) is 1. The Kier molecular flexibility index (Phi) is 6.08. The van der Waals surface area contributed by atoms with E-state index < -0.39 is 30.2 Å². The first-order valence-corrected chi connectivity index (χ1v) is 9.42. The van der Waals surface area contributed by atoms with Gasteiger partial charge in [-0.15, -0.1) is 0 Å². The van der Waals surface area contributed by atoms with Gasteiger partial charge < -0.3 is 15.0 Å². The summed E-state index contributed by atoms with van der Waals surface area (Å²) in [6, 6.07) is 11.2. The number of benzene rings is 2. The molecule has 8 heteroatoms. The highest BCUT2D eigenvalue weighted by Crippen LogP contribution is 2.28. The molecule has 0 aliphatic carbocycles. The van der Waals surface area contributed by atoms with Crippen molar-refractivity contribution in [3.8, 4) is 0 Å². The zero-order valence-electron chi connectivity index (χ0n) is 15.1. The number of nitrogens with one attached hydrogen (secondary N) is 1. The van der Waals surface area contributed by atoms with Crippen molar-refractivity contribution < 1.29 is 23.5 Å². The molecule has 0 unspecified atom stereocenters. The molecule has 0 spiro atoms. The number of hydrogen-bond donors (Lipinski definition) is 1. The van der Waals surface area contributed by atoms with Crippen LogP contribution in [0, 0.1) is 18.7 Å². The van der Waals surface area contributed by atoms with Crippen LogP contribution < -0.4 is 10.2 Å². The standard InChI is InChI=1S/C20H18BrFN2O4/c1-12-8-14(6-7-15(12)21)23-18(25)11-28-20(27)13-9-19(26)24(10-13)17-5-3-2-4-16(17)22/h2-8,13H,9-11H2,1H3,(H,23,25)/t13-/m0/s1. The van der Waals surface area contributed by atoms with Crippen molar-refractivity contribution in [3.05, 3.63) is 58.3 Å². The number of aryl methyl sites for hydroxylation is 1. The predicted octanol–water partition coefficient (Wildman–Crippen LogP) is 3.43. The first kappa shape index (κ1) is 20.0. The maximum Gasteiger partial charge on any atom is 0.311 e. The normalized spacial score (nSPS) is 16.2. The van der Waals surface area contributed by atoms with Gasteiger partial charge in [0.15, 0.2) is 6.61 Å². The third-order valence-corrected chi connectivity index (χ3v) is 5.28. The van der Waals surface area contributed by atoms with E-state index in [0.29, 0.717) is 5.69 Å². The van der Waals surface area contributed by atoms with Crippen molar-refractivity contribution in [1.29, 1.82) is 0 Å². The third kappa shape index (κ3) is 4.56. The van der Waals surface area contributed by atoms with Crippen LogP contribution in [0.3, 0.4) is 0 Å². The molecular weight excluding hydrogens is 431 g/mol. The summed E-state index contributed by atoms with van der Waals surface area (Å²) in [5.74, 6) is -2.77. The fourth-order valence-electron chi connectivity index (χ4n) is 2.94. The van der Waals surface area contributed by atoms with E-state index >= 15 is 0 Å². The molecule has 1 heterocycles. The van der Waals surface area contributed by atoms with Gasteiger partial charge in [0.2, 0.25) is 5.91 Å². The zero-order chi connectivity index (χ0) is 20.3. The van der Waals surface area contributed by atoms with Gasteiger partial charge in [-0.1, -0.05) is 28.1 Å². The average molecular weight is 449 g/mol. The topological polar surface area (TPSA) is 75.7 Å². The summed E-state index contributed by atoms with van der Waals surface area (Å²) in [6.45, 7) is 1.45. The molecule has 0 aromatic heterocycles. The lowest BCUT2D eigenvalue weighted by Crippen LogP contribution is -2.28. The Bertz CT molecular complexity index is 934. The minimum Gasteiger partial charge on any atom is -0.455 e. The van der Waals surface area contributed by atoms with Gasteiger partial charge in [0.1, 0.15) is 5.82 Å². The molecule has 146 valence electrons. The summed E-state index contributed by atoms with van der Waals surface area (Å²) >= 11 is 3.38. The molecule has 0 radical (unpaired) electrons. The van der Waals surface area contributed by atoms with Gasteiger partial charge >= 0.3 is 5.97 Å². The number of amides is 2. The van der Waals surface area contributed by atoms with Crippen molar-refractivity contribution in [1.82, 2.24) is 0 Å². The molecule has 1 aliphatic rings. The Morgan fingerprint density at radius 2 is 2.04 bits per heavy atom. The summed E-state index contributed by atoms with van der Waals surface area (Å²) in [7, 11) is 0. The Balaban J connectivity index is 1.54. The van der Waals surface area contributed by atoms with Gasteiger partial charge in [0.25, 0.3) is 5.91 Å². The van der Waals surface area contributed by atoms with Crippen molar-refractivity contribution >= 4 is 45.1 Å². The van der Waals surface area contributed by atoms with Crippen LogP contribution in [0.1, 0.15) is 12.0 Å². The lowest BCUT2D eigenvalue weighted by Gasteiger charge is -2.17. The van der Waals surface area contributed by atoms with Crippen molar-refractivity contribution in [2.45, 2.75) is 13.3 Å². The molecule has 2 amide bonds. The van der Waals surface area contributed by atoms with Gasteiger partial charge in [-0.05, 0) is 42.8 Å². The minimum absolute atomic E-state index is 0.0200. The maximum atomic E-state index is 13.9. The predicted molar refractivity (Wildman–Crippen MR) is 105 cm³/mol. The van der Waals surface area contributed by atoms with Crippen LogP contribution in [-0.2, 0) is 19.1 Å². The number of para-hydroxylation sites is 1. The zero-order valence-corrected chi connectivity index (χ0v) is 16.7. The second-order valence-electron chi connectivity index (χ2n) is 6.48. The Hall–Kier alpha value is -2.74. The van der Waals surface area contributed by atoms with Crippen LogP contribution in [-0.4, -0.2) is 30.9 Å². The first-order chi connectivity index (χ1) is 13.3. The van der Waals surface area contributed by atoms with Crippen LogP contribution >= 0.6 is 15.9 Å². The van der Waals surface area contributed by atoms with Crippen LogP contribution in [0.2, 0.25) is 0 Å². The molecule has 1 aliphatic heterocycles. The molecule has 6 nitrogen and oxygen atoms in total. The van der Waals surface area contributed by atoms with Crippen LogP contribution in [0.15, 0.2) is 46.9 Å². The van der Waals surface area contributed by atoms with E-state index in [1.165, 1.54) is 23.1 Å². The van der Waals surface area contributed by atoms with Gasteiger partial charge in [-0.25, -0.2) is 4.39 Å². The summed E-state index contributed by atoms with van der Waals surface area (Å²) in [5, 5.41) is 2.64. The molecule has 0 bridgehead atoms. The molecule has 1 N–H and O–H groups in total. The van der Waals surface area contributed by atoms with E-state index in [9.17, 15) is 18.8 Å². The van der Waals surface area contributed by atoms with E-state index in [2.05, 4.69) is 21.2 Å². The minimum atomic E-state index is -0.741. The largest absolute Gasteiger partial charge is 0.455 e. The summed E-state index contributed by atoms with van der Waals surface area (Å²) in [4.78, 5) is 37.6. The Labute approximate surface area is 169 Å². The van der Waals surface area contributed by atoms with E-state index in [1.807, 2.05) is 6.92 Å². The van der Waals surface area contributed by atoms with E-state index in [0.717, 1.165) is 10.0 Å². The lowest BCUT2D eigenvalue weighted by molar-refractivity contribution is -0.151. The van der Waals surface area contributed by atoms with Gasteiger partial charge in [-0.2, -0.15) is 0 Å². The van der Waals surface area contributed by atoms with Crippen LogP contribution in [0.25, 0.3) is 0 Å². The van der Waals surface area contributed by atoms with Crippen molar-refractivity contribution in [3.63, 3.8) is 0 Å². The number of halogens is 2. The van der Waals surface area contributed by atoms with Crippen molar-refractivity contribution in [2.24, 2.45) is 5.92 Å².